The minimum Gasteiger partial charge on any atom is -0.353 e. The summed E-state index contributed by atoms with van der Waals surface area (Å²) in [6, 6.07) is 2.01. The number of aromatic nitrogens is 1. The van der Waals surface area contributed by atoms with Crippen LogP contribution < -0.4 is 5.32 Å². The van der Waals surface area contributed by atoms with Gasteiger partial charge in [0.05, 0.1) is 13.1 Å². The van der Waals surface area contributed by atoms with Gasteiger partial charge in [0.2, 0.25) is 5.91 Å². The van der Waals surface area contributed by atoms with E-state index in [2.05, 4.69) is 16.5 Å². The molecule has 0 atom stereocenters. The van der Waals surface area contributed by atoms with E-state index in [1.54, 1.807) is 11.9 Å². The van der Waals surface area contributed by atoms with Crippen molar-refractivity contribution in [3.63, 3.8) is 0 Å². The Kier molecular flexibility index (Phi) is 6.56. The van der Waals surface area contributed by atoms with E-state index in [-0.39, 0.29) is 30.8 Å². The van der Waals surface area contributed by atoms with E-state index in [0.29, 0.717) is 6.54 Å². The van der Waals surface area contributed by atoms with E-state index in [1.165, 1.54) is 0 Å². The minimum atomic E-state index is -0.0672. The van der Waals surface area contributed by atoms with Gasteiger partial charge in [-0.2, -0.15) is 0 Å². The summed E-state index contributed by atoms with van der Waals surface area (Å²) in [7, 11) is 1.78. The van der Waals surface area contributed by atoms with E-state index >= 15 is 0 Å². The third-order valence-electron chi connectivity index (χ3n) is 3.46. The van der Waals surface area contributed by atoms with Crippen LogP contribution in [0.25, 0.3) is 0 Å². The van der Waals surface area contributed by atoms with Crippen LogP contribution in [-0.4, -0.2) is 47.3 Å². The van der Waals surface area contributed by atoms with E-state index < -0.39 is 0 Å². The topological polar surface area (TPSA) is 54.3 Å². The van der Waals surface area contributed by atoms with Gasteiger partial charge in [-0.1, -0.05) is 6.08 Å². The highest BCUT2D eigenvalue weighted by Gasteiger charge is 2.17. The largest absolute Gasteiger partial charge is 0.353 e. The highest BCUT2D eigenvalue weighted by molar-refractivity contribution is 5.99. The number of rotatable bonds is 8. The van der Waals surface area contributed by atoms with Crippen molar-refractivity contribution in [3.05, 3.63) is 35.7 Å². The van der Waals surface area contributed by atoms with Crippen LogP contribution in [-0.2, 0) is 11.3 Å². The normalized spacial score (nSPS) is 11.0. The highest BCUT2D eigenvalue weighted by Crippen LogP contribution is 2.16. The van der Waals surface area contributed by atoms with Crippen molar-refractivity contribution >= 4 is 11.7 Å². The minimum absolute atomic E-state index is 0.0308. The molecule has 0 radical (unpaired) electrons. The lowest BCUT2D eigenvalue weighted by molar-refractivity contribution is -0.122. The van der Waals surface area contributed by atoms with Gasteiger partial charge in [-0.3, -0.25) is 14.5 Å². The third kappa shape index (κ3) is 4.84. The molecule has 1 N–H and O–H groups in total. The average Bonchev–Trinajstić information content (AvgIpc) is 2.65. The molecule has 0 spiro atoms. The van der Waals surface area contributed by atoms with Crippen LogP contribution in [0.4, 0.5) is 0 Å². The first-order chi connectivity index (χ1) is 10.3. The Bertz CT molecular complexity index is 558. The fourth-order valence-corrected chi connectivity index (χ4v) is 2.49. The predicted octanol–water partition coefficient (Wildman–Crippen LogP) is 1.93. The molecule has 1 rings (SSSR count). The second kappa shape index (κ2) is 7.94. The summed E-state index contributed by atoms with van der Waals surface area (Å²) in [6.45, 7) is 12.6. The van der Waals surface area contributed by atoms with E-state index in [0.717, 1.165) is 17.0 Å². The lowest BCUT2D eigenvalue weighted by Crippen LogP contribution is -2.40. The van der Waals surface area contributed by atoms with Crippen LogP contribution in [0.5, 0.6) is 0 Å². The monoisotopic (exact) mass is 305 g/mol. The second-order valence-electron chi connectivity index (χ2n) is 6.00. The fourth-order valence-electron chi connectivity index (χ4n) is 2.49. The van der Waals surface area contributed by atoms with Gasteiger partial charge < -0.3 is 9.88 Å². The number of Topliss-reactive ketones (excluding diaryl/α,β-unsaturated/α-hetero) is 1. The maximum Gasteiger partial charge on any atom is 0.234 e. The molecule has 0 aliphatic heterocycles. The number of nitrogens with one attached hydrogen (secondary N) is 1. The number of carbonyl (C=O) groups excluding carboxylic acids is 2. The number of allylic oxidation sites excluding steroid dienone is 1. The number of amides is 1. The fraction of sp³-hybridized carbons (Fsp3) is 0.529. The molecule has 1 heterocycles. The molecule has 0 aliphatic carbocycles. The SMILES string of the molecule is C=CCn1c(C)cc(C(=O)CN(C)CC(=O)NC(C)C)c1C. The maximum absolute atomic E-state index is 12.4. The zero-order valence-corrected chi connectivity index (χ0v) is 14.3. The van der Waals surface area contributed by atoms with E-state index in [1.807, 2.05) is 39.8 Å². The molecule has 22 heavy (non-hydrogen) atoms. The Balaban J connectivity index is 2.71. The molecule has 1 amide bonds. The Labute approximate surface area is 133 Å². The first-order valence-corrected chi connectivity index (χ1v) is 7.55. The third-order valence-corrected chi connectivity index (χ3v) is 3.46. The Morgan fingerprint density at radius 3 is 2.55 bits per heavy atom. The van der Waals surface area contributed by atoms with Crippen molar-refractivity contribution in [3.8, 4) is 0 Å². The highest BCUT2D eigenvalue weighted by atomic mass is 16.2. The zero-order chi connectivity index (χ0) is 16.9. The number of aryl methyl sites for hydroxylation is 1. The molecule has 5 nitrogen and oxygen atoms in total. The molecule has 0 bridgehead atoms. The first-order valence-electron chi connectivity index (χ1n) is 7.55. The molecule has 1 aromatic rings. The van der Waals surface area contributed by atoms with Crippen molar-refractivity contribution in [1.82, 2.24) is 14.8 Å². The second-order valence-corrected chi connectivity index (χ2v) is 6.00. The van der Waals surface area contributed by atoms with Crippen LogP contribution in [0.3, 0.4) is 0 Å². The summed E-state index contributed by atoms with van der Waals surface area (Å²) in [5, 5.41) is 2.82. The van der Waals surface area contributed by atoms with Crippen molar-refractivity contribution in [2.24, 2.45) is 0 Å². The summed E-state index contributed by atoms with van der Waals surface area (Å²) < 4.78 is 2.06. The van der Waals surface area contributed by atoms with Gasteiger partial charge in [0.15, 0.2) is 5.78 Å². The van der Waals surface area contributed by atoms with E-state index in [4.69, 9.17) is 0 Å². The number of nitrogens with zero attached hydrogens (tertiary/aromatic N) is 2. The van der Waals surface area contributed by atoms with Crippen LogP contribution in [0, 0.1) is 13.8 Å². The molecule has 0 unspecified atom stereocenters. The molecule has 122 valence electrons. The van der Waals surface area contributed by atoms with Gasteiger partial charge in [0.1, 0.15) is 0 Å². The van der Waals surface area contributed by atoms with Crippen LogP contribution in [0.2, 0.25) is 0 Å². The van der Waals surface area contributed by atoms with Gasteiger partial charge in [-0.25, -0.2) is 0 Å². The van der Waals surface area contributed by atoms with Crippen molar-refractivity contribution in [1.29, 1.82) is 0 Å². The van der Waals surface area contributed by atoms with Gasteiger partial charge in [-0.15, -0.1) is 6.58 Å². The molecule has 0 aliphatic rings. The van der Waals surface area contributed by atoms with E-state index in [9.17, 15) is 9.59 Å². The molecule has 0 fully saturated rings. The average molecular weight is 305 g/mol. The number of likely N-dealkylation sites (N-methyl/N-ethyl adjacent to an activating group) is 1. The zero-order valence-electron chi connectivity index (χ0n) is 14.3. The van der Waals surface area contributed by atoms with Gasteiger partial charge in [-0.05, 0) is 40.8 Å². The summed E-state index contributed by atoms with van der Waals surface area (Å²) in [4.78, 5) is 25.9. The van der Waals surface area contributed by atoms with Crippen molar-refractivity contribution in [2.75, 3.05) is 20.1 Å². The molecule has 1 aromatic heterocycles. The van der Waals surface area contributed by atoms with Gasteiger partial charge in [0, 0.05) is 29.5 Å². The quantitative estimate of drug-likeness (QED) is 0.590. The standard InChI is InChI=1S/C17H27N3O2/c1-7-8-20-13(4)9-15(14(20)5)16(21)10-19(6)11-17(22)18-12(2)3/h7,9,12H,1,8,10-11H2,2-6H3,(H,18,22). The molecule has 0 saturated heterocycles. The van der Waals surface area contributed by atoms with Crippen molar-refractivity contribution < 1.29 is 9.59 Å². The molecule has 0 saturated carbocycles. The van der Waals surface area contributed by atoms with Gasteiger partial charge >= 0.3 is 0 Å². The first kappa shape index (κ1) is 18.2. The maximum atomic E-state index is 12.4. The van der Waals surface area contributed by atoms with Crippen LogP contribution in [0.15, 0.2) is 18.7 Å². The molecular weight excluding hydrogens is 278 g/mol. The lowest BCUT2D eigenvalue weighted by atomic mass is 10.1. The van der Waals surface area contributed by atoms with Crippen LogP contribution >= 0.6 is 0 Å². The summed E-state index contributed by atoms with van der Waals surface area (Å²) in [6.07, 6.45) is 1.82. The molecule has 0 aromatic carbocycles. The number of ketones is 1. The number of carbonyl (C=O) groups is 2. The summed E-state index contributed by atoms with van der Waals surface area (Å²) in [5.41, 5.74) is 2.71. The number of hydrogen-bond donors (Lipinski definition) is 1. The molecular formula is C17H27N3O2. The Morgan fingerprint density at radius 2 is 2.00 bits per heavy atom. The predicted molar refractivity (Wildman–Crippen MR) is 89.2 cm³/mol. The summed E-state index contributed by atoms with van der Waals surface area (Å²) >= 11 is 0. The summed E-state index contributed by atoms with van der Waals surface area (Å²) in [5.74, 6) is -0.0364. The van der Waals surface area contributed by atoms with Gasteiger partial charge in [0.25, 0.3) is 0 Å². The van der Waals surface area contributed by atoms with Crippen LogP contribution in [0.1, 0.15) is 35.6 Å². The Morgan fingerprint density at radius 1 is 1.36 bits per heavy atom. The Hall–Kier alpha value is -1.88. The van der Waals surface area contributed by atoms with Crippen molar-refractivity contribution in [2.45, 2.75) is 40.3 Å². The molecule has 5 heteroatoms. The smallest absolute Gasteiger partial charge is 0.234 e. The number of hydrogen-bond acceptors (Lipinski definition) is 3. The lowest BCUT2D eigenvalue weighted by Gasteiger charge is -2.16.